The monoisotopic (exact) mass is 331 g/mol. The minimum absolute atomic E-state index is 0.204. The molecule has 7 nitrogen and oxygen atoms in total. The van der Waals surface area contributed by atoms with Crippen LogP contribution < -0.4 is 15.2 Å². The fourth-order valence-electron chi connectivity index (χ4n) is 1.89. The molecule has 1 aromatic rings. The molecular formula is C17H21N3O4. The zero-order chi connectivity index (χ0) is 18.1. The molecule has 2 amide bonds. The van der Waals surface area contributed by atoms with Crippen molar-refractivity contribution in [2.24, 2.45) is 11.7 Å². The van der Waals surface area contributed by atoms with E-state index in [1.807, 2.05) is 0 Å². The second-order valence-electron chi connectivity index (χ2n) is 5.25. The number of carbonyl (C=O) groups is 2. The van der Waals surface area contributed by atoms with Gasteiger partial charge >= 0.3 is 0 Å². The Morgan fingerprint density at radius 2 is 2.12 bits per heavy atom. The van der Waals surface area contributed by atoms with Gasteiger partial charge in [-0.2, -0.15) is 5.26 Å². The predicted octanol–water partition coefficient (Wildman–Crippen LogP) is 1.19. The van der Waals surface area contributed by atoms with Crippen LogP contribution >= 0.6 is 0 Å². The Morgan fingerprint density at radius 3 is 2.71 bits per heavy atom. The molecule has 24 heavy (non-hydrogen) atoms. The van der Waals surface area contributed by atoms with Crippen molar-refractivity contribution in [3.05, 3.63) is 29.8 Å². The fraction of sp³-hybridized carbons (Fsp3) is 0.353. The van der Waals surface area contributed by atoms with Gasteiger partial charge in [0.25, 0.3) is 5.91 Å². The summed E-state index contributed by atoms with van der Waals surface area (Å²) in [7, 11) is 3.12. The number of nitrogens with two attached hydrogens (primary N) is 1. The Balaban J connectivity index is 2.79. The van der Waals surface area contributed by atoms with Crippen molar-refractivity contribution in [1.82, 2.24) is 4.90 Å². The van der Waals surface area contributed by atoms with Gasteiger partial charge in [0.15, 0.2) is 18.1 Å². The summed E-state index contributed by atoms with van der Waals surface area (Å²) in [5, 5.41) is 8.77. The third-order valence-corrected chi connectivity index (χ3v) is 3.12. The summed E-state index contributed by atoms with van der Waals surface area (Å²) in [5.74, 6) is -0.197. The lowest BCUT2D eigenvalue weighted by atomic mass is 10.1. The molecule has 0 saturated heterocycles. The first-order chi connectivity index (χ1) is 11.4. The van der Waals surface area contributed by atoms with E-state index in [1.165, 1.54) is 18.1 Å². The zero-order valence-electron chi connectivity index (χ0n) is 14.0. The lowest BCUT2D eigenvalue weighted by molar-refractivity contribution is -0.125. The van der Waals surface area contributed by atoms with Gasteiger partial charge in [0.1, 0.15) is 0 Å². The van der Waals surface area contributed by atoms with Crippen LogP contribution in [0.25, 0.3) is 6.08 Å². The summed E-state index contributed by atoms with van der Waals surface area (Å²) in [6.45, 7) is 1.87. The zero-order valence-corrected chi connectivity index (χ0v) is 14.0. The van der Waals surface area contributed by atoms with E-state index < -0.39 is 5.91 Å². The molecule has 7 heteroatoms. The molecule has 128 valence electrons. The fourth-order valence-corrected chi connectivity index (χ4v) is 1.89. The van der Waals surface area contributed by atoms with Crippen LogP contribution in [-0.2, 0) is 9.59 Å². The van der Waals surface area contributed by atoms with Gasteiger partial charge in [-0.25, -0.2) is 0 Å². The van der Waals surface area contributed by atoms with Crippen LogP contribution in [0.15, 0.2) is 24.3 Å². The molecule has 0 radical (unpaired) electrons. The van der Waals surface area contributed by atoms with Gasteiger partial charge in [0.2, 0.25) is 5.91 Å². The quantitative estimate of drug-likeness (QED) is 0.720. The van der Waals surface area contributed by atoms with Crippen molar-refractivity contribution in [3.8, 4) is 17.6 Å². The maximum absolute atomic E-state index is 12.0. The number of amides is 2. The Labute approximate surface area is 141 Å². The number of carbonyl (C=O) groups excluding carboxylic acids is 2. The summed E-state index contributed by atoms with van der Waals surface area (Å²) >= 11 is 0. The highest BCUT2D eigenvalue weighted by atomic mass is 16.5. The molecule has 2 N–H and O–H groups in total. The molecule has 0 heterocycles. The molecule has 0 saturated carbocycles. The maximum atomic E-state index is 12.0. The summed E-state index contributed by atoms with van der Waals surface area (Å²) in [4.78, 5) is 24.2. The highest BCUT2D eigenvalue weighted by Gasteiger charge is 2.10. The molecule has 0 aliphatic heterocycles. The molecule has 0 aliphatic rings. The summed E-state index contributed by atoms with van der Waals surface area (Å²) in [5.41, 5.74) is 5.77. The van der Waals surface area contributed by atoms with Crippen molar-refractivity contribution < 1.29 is 19.1 Å². The lowest BCUT2D eigenvalue weighted by Gasteiger charge is -2.16. The number of likely N-dealkylation sites (N-methyl/N-ethyl adjacent to an activating group) is 1. The Morgan fingerprint density at radius 1 is 1.42 bits per heavy atom. The summed E-state index contributed by atoms with van der Waals surface area (Å²) in [6.07, 6.45) is 3.05. The number of methoxy groups -OCH3 is 1. The lowest BCUT2D eigenvalue weighted by Crippen LogP contribution is -2.29. The molecular weight excluding hydrogens is 310 g/mol. The van der Waals surface area contributed by atoms with Crippen molar-refractivity contribution in [2.75, 3.05) is 27.3 Å². The number of rotatable bonds is 8. The number of hydrogen-bond acceptors (Lipinski definition) is 5. The van der Waals surface area contributed by atoms with Gasteiger partial charge in [-0.3, -0.25) is 9.59 Å². The average Bonchev–Trinajstić information content (AvgIpc) is 2.57. The molecule has 1 aromatic carbocycles. The van der Waals surface area contributed by atoms with Gasteiger partial charge in [-0.15, -0.1) is 0 Å². The van der Waals surface area contributed by atoms with E-state index in [9.17, 15) is 9.59 Å². The third kappa shape index (κ3) is 6.01. The minimum atomic E-state index is -0.582. The first kappa shape index (κ1) is 19.0. The van der Waals surface area contributed by atoms with E-state index in [1.54, 1.807) is 38.2 Å². The SMILES string of the molecule is COc1cc(/C=C/C(=O)N(C)CC(C)C#N)ccc1OCC(N)=O. The van der Waals surface area contributed by atoms with Gasteiger partial charge in [-0.05, 0) is 30.7 Å². The highest BCUT2D eigenvalue weighted by molar-refractivity contribution is 5.91. The van der Waals surface area contributed by atoms with Crippen LogP contribution in [0.1, 0.15) is 12.5 Å². The molecule has 0 aliphatic carbocycles. The predicted molar refractivity (Wildman–Crippen MR) is 89.1 cm³/mol. The Hall–Kier alpha value is -3.01. The number of hydrogen-bond donors (Lipinski definition) is 1. The van der Waals surface area contributed by atoms with Crippen molar-refractivity contribution >= 4 is 17.9 Å². The standard InChI is InChI=1S/C17H21N3O4/c1-12(9-18)10-20(2)17(22)7-5-13-4-6-14(15(8-13)23-3)24-11-16(19)21/h4-8,12H,10-11H2,1-3H3,(H2,19,21)/b7-5+. The average molecular weight is 331 g/mol. The van der Waals surface area contributed by atoms with Gasteiger partial charge in [0.05, 0.1) is 19.1 Å². The molecule has 0 aromatic heterocycles. The molecule has 0 spiro atoms. The number of nitriles is 1. The first-order valence-corrected chi connectivity index (χ1v) is 7.29. The summed E-state index contributed by atoms with van der Waals surface area (Å²) < 4.78 is 10.4. The van der Waals surface area contributed by atoms with Crippen LogP contribution in [0.2, 0.25) is 0 Å². The van der Waals surface area contributed by atoms with E-state index >= 15 is 0 Å². The second kappa shape index (κ2) is 9.20. The number of ether oxygens (including phenoxy) is 2. The van der Waals surface area contributed by atoms with Crippen molar-refractivity contribution in [3.63, 3.8) is 0 Å². The Bertz CT molecular complexity index is 664. The summed E-state index contributed by atoms with van der Waals surface area (Å²) in [6, 6.07) is 7.12. The molecule has 0 fully saturated rings. The largest absolute Gasteiger partial charge is 0.493 e. The molecule has 1 unspecified atom stereocenters. The van der Waals surface area contributed by atoms with Crippen molar-refractivity contribution in [1.29, 1.82) is 5.26 Å². The number of primary amides is 1. The van der Waals surface area contributed by atoms with E-state index in [4.69, 9.17) is 20.5 Å². The van der Waals surface area contributed by atoms with Crippen LogP contribution in [0.4, 0.5) is 0 Å². The smallest absolute Gasteiger partial charge is 0.255 e. The number of benzene rings is 1. The normalized spacial score (nSPS) is 11.6. The van der Waals surface area contributed by atoms with Crippen LogP contribution in [0.5, 0.6) is 11.5 Å². The highest BCUT2D eigenvalue weighted by Crippen LogP contribution is 2.28. The van der Waals surface area contributed by atoms with Crippen LogP contribution in [0.3, 0.4) is 0 Å². The van der Waals surface area contributed by atoms with E-state index in [0.29, 0.717) is 18.0 Å². The van der Waals surface area contributed by atoms with Crippen molar-refractivity contribution in [2.45, 2.75) is 6.92 Å². The topological polar surface area (TPSA) is 106 Å². The van der Waals surface area contributed by atoms with Crippen LogP contribution in [-0.4, -0.2) is 44.0 Å². The van der Waals surface area contributed by atoms with Gasteiger partial charge in [0, 0.05) is 19.7 Å². The van der Waals surface area contributed by atoms with Gasteiger partial charge < -0.3 is 20.1 Å². The number of nitrogens with zero attached hydrogens (tertiary/aromatic N) is 2. The molecule has 1 atom stereocenters. The Kier molecular flexibility index (Phi) is 7.30. The molecule has 1 rings (SSSR count). The van der Waals surface area contributed by atoms with Crippen LogP contribution in [0, 0.1) is 17.2 Å². The third-order valence-electron chi connectivity index (χ3n) is 3.12. The first-order valence-electron chi connectivity index (χ1n) is 7.29. The van der Waals surface area contributed by atoms with E-state index in [-0.39, 0.29) is 18.4 Å². The van der Waals surface area contributed by atoms with Gasteiger partial charge in [-0.1, -0.05) is 6.07 Å². The maximum Gasteiger partial charge on any atom is 0.255 e. The molecule has 0 bridgehead atoms. The second-order valence-corrected chi connectivity index (χ2v) is 5.25. The minimum Gasteiger partial charge on any atom is -0.493 e. The van der Waals surface area contributed by atoms with E-state index in [2.05, 4.69) is 6.07 Å². The van der Waals surface area contributed by atoms with E-state index in [0.717, 1.165) is 5.56 Å².